The normalized spacial score (nSPS) is 11.8. The maximum Gasteiger partial charge on any atom is 0.264 e. The number of hydrogen-bond acceptors (Lipinski definition) is 4. The third kappa shape index (κ3) is 5.52. The smallest absolute Gasteiger partial charge is 0.264 e. The molecule has 1 amide bonds. The van der Waals surface area contributed by atoms with E-state index >= 15 is 0 Å². The van der Waals surface area contributed by atoms with Crippen LogP contribution in [0.3, 0.4) is 0 Å². The minimum atomic E-state index is -4.04. The van der Waals surface area contributed by atoms with Gasteiger partial charge in [0.05, 0.1) is 16.3 Å². The Kier molecular flexibility index (Phi) is 7.27. The van der Waals surface area contributed by atoms with E-state index in [2.05, 4.69) is 10.5 Å². The van der Waals surface area contributed by atoms with Crippen LogP contribution in [-0.2, 0) is 14.8 Å². The Hall–Kier alpha value is -3.23. The fourth-order valence-corrected chi connectivity index (χ4v) is 4.72. The van der Waals surface area contributed by atoms with Crippen LogP contribution in [0, 0.1) is 12.7 Å². The maximum atomic E-state index is 13.3. The molecular formula is C23H21ClFN3O3S. The Balaban J connectivity index is 1.89. The summed E-state index contributed by atoms with van der Waals surface area (Å²) in [6, 6.07) is 18.2. The summed E-state index contributed by atoms with van der Waals surface area (Å²) in [6.07, 6.45) is 0. The van der Waals surface area contributed by atoms with Crippen LogP contribution in [0.4, 0.5) is 10.1 Å². The van der Waals surface area contributed by atoms with E-state index in [-0.39, 0.29) is 10.7 Å². The van der Waals surface area contributed by atoms with Gasteiger partial charge in [0.25, 0.3) is 15.9 Å². The predicted octanol–water partition coefficient (Wildman–Crippen LogP) is 4.52. The van der Waals surface area contributed by atoms with Gasteiger partial charge in [-0.3, -0.25) is 9.10 Å². The zero-order valence-corrected chi connectivity index (χ0v) is 19.0. The van der Waals surface area contributed by atoms with Crippen molar-refractivity contribution in [2.45, 2.75) is 18.7 Å². The number of anilines is 1. The van der Waals surface area contributed by atoms with Crippen molar-refractivity contribution in [2.75, 3.05) is 10.8 Å². The first kappa shape index (κ1) is 23.4. The van der Waals surface area contributed by atoms with E-state index < -0.39 is 22.5 Å². The fraction of sp³-hybridized carbons (Fsp3) is 0.130. The number of hydrogen-bond donors (Lipinski definition) is 1. The number of nitrogens with zero attached hydrogens (tertiary/aromatic N) is 2. The molecule has 3 aromatic rings. The van der Waals surface area contributed by atoms with Crippen LogP contribution >= 0.6 is 11.6 Å². The first-order chi connectivity index (χ1) is 15.2. The van der Waals surface area contributed by atoms with Crippen LogP contribution in [0.5, 0.6) is 0 Å². The number of nitrogens with one attached hydrogen (secondary N) is 1. The lowest BCUT2D eigenvalue weighted by Crippen LogP contribution is -2.40. The summed E-state index contributed by atoms with van der Waals surface area (Å²) in [5.41, 5.74) is 4.36. The summed E-state index contributed by atoms with van der Waals surface area (Å²) in [5, 5.41) is 4.47. The largest absolute Gasteiger partial charge is 0.271 e. The van der Waals surface area contributed by atoms with Crippen molar-refractivity contribution in [2.24, 2.45) is 5.10 Å². The van der Waals surface area contributed by atoms with Crippen molar-refractivity contribution < 1.29 is 17.6 Å². The van der Waals surface area contributed by atoms with Gasteiger partial charge in [-0.25, -0.2) is 18.2 Å². The average molecular weight is 474 g/mol. The van der Waals surface area contributed by atoms with E-state index in [0.717, 1.165) is 4.31 Å². The van der Waals surface area contributed by atoms with E-state index in [0.29, 0.717) is 27.5 Å². The number of amides is 1. The number of sulfonamides is 1. The Morgan fingerprint density at radius 1 is 1.06 bits per heavy atom. The monoisotopic (exact) mass is 473 g/mol. The minimum absolute atomic E-state index is 0.0492. The van der Waals surface area contributed by atoms with Crippen LogP contribution < -0.4 is 9.73 Å². The molecule has 1 N–H and O–H groups in total. The number of rotatable bonds is 7. The van der Waals surface area contributed by atoms with Crippen molar-refractivity contribution in [3.63, 3.8) is 0 Å². The molecule has 0 fully saturated rings. The summed E-state index contributed by atoms with van der Waals surface area (Å²) >= 11 is 6.02. The van der Waals surface area contributed by atoms with E-state index in [1.165, 1.54) is 36.4 Å². The molecule has 0 aliphatic heterocycles. The van der Waals surface area contributed by atoms with Crippen molar-refractivity contribution >= 4 is 38.9 Å². The molecule has 0 aliphatic rings. The third-order valence-electron chi connectivity index (χ3n) is 4.66. The summed E-state index contributed by atoms with van der Waals surface area (Å²) in [7, 11) is -4.04. The van der Waals surface area contributed by atoms with Crippen molar-refractivity contribution in [3.05, 3.63) is 94.8 Å². The van der Waals surface area contributed by atoms with Gasteiger partial charge < -0.3 is 0 Å². The molecule has 0 bridgehead atoms. The molecule has 3 rings (SSSR count). The number of carbonyl (C=O) groups is 1. The van der Waals surface area contributed by atoms with Gasteiger partial charge in [-0.2, -0.15) is 5.10 Å². The number of halogens is 2. The standard InChI is InChI=1S/C23H21ClFN3O3S/c1-16-14-19(24)10-13-22(16)28(32(30,31)21-6-4-3-5-7-21)15-23(29)27-26-17(2)18-8-11-20(25)12-9-18/h3-14H,15H2,1-2H3,(H,27,29)/b26-17-. The summed E-state index contributed by atoms with van der Waals surface area (Å²) in [6.45, 7) is 2.86. The lowest BCUT2D eigenvalue weighted by atomic mass is 10.1. The Labute approximate surface area is 191 Å². The van der Waals surface area contributed by atoms with E-state index in [1.807, 2.05) is 0 Å². The second kappa shape index (κ2) is 9.93. The SMILES string of the molecule is C/C(=N/NC(=O)CN(c1ccc(Cl)cc1C)S(=O)(=O)c1ccccc1)c1ccc(F)cc1. The maximum absolute atomic E-state index is 13.3. The van der Waals surface area contributed by atoms with Crippen molar-refractivity contribution in [1.82, 2.24) is 5.43 Å². The second-order valence-corrected chi connectivity index (χ2v) is 9.29. The fourth-order valence-electron chi connectivity index (χ4n) is 2.99. The van der Waals surface area contributed by atoms with Crippen LogP contribution in [-0.4, -0.2) is 26.6 Å². The first-order valence-electron chi connectivity index (χ1n) is 9.61. The molecule has 9 heteroatoms. The van der Waals surface area contributed by atoms with Gasteiger partial charge >= 0.3 is 0 Å². The molecule has 166 valence electrons. The summed E-state index contributed by atoms with van der Waals surface area (Å²) in [4.78, 5) is 12.7. The van der Waals surface area contributed by atoms with Gasteiger partial charge in [-0.15, -0.1) is 0 Å². The highest BCUT2D eigenvalue weighted by Gasteiger charge is 2.28. The number of carbonyl (C=O) groups excluding carboxylic acids is 1. The van der Waals surface area contributed by atoms with Crippen molar-refractivity contribution in [3.8, 4) is 0 Å². The first-order valence-corrected chi connectivity index (χ1v) is 11.4. The van der Waals surface area contributed by atoms with Gasteiger partial charge in [0, 0.05) is 5.02 Å². The molecule has 0 saturated heterocycles. The van der Waals surface area contributed by atoms with E-state index in [4.69, 9.17) is 11.6 Å². The summed E-state index contributed by atoms with van der Waals surface area (Å²) in [5.74, 6) is -1.02. The molecule has 0 heterocycles. The highest BCUT2D eigenvalue weighted by Crippen LogP contribution is 2.28. The zero-order chi connectivity index (χ0) is 23.3. The Morgan fingerprint density at radius 2 is 1.72 bits per heavy atom. The number of benzene rings is 3. The van der Waals surface area contributed by atoms with Gasteiger partial charge in [0.1, 0.15) is 12.4 Å². The molecule has 0 saturated carbocycles. The molecule has 0 unspecified atom stereocenters. The summed E-state index contributed by atoms with van der Waals surface area (Å²) < 4.78 is 40.8. The lowest BCUT2D eigenvalue weighted by molar-refractivity contribution is -0.119. The predicted molar refractivity (Wildman–Crippen MR) is 124 cm³/mol. The third-order valence-corrected chi connectivity index (χ3v) is 6.67. The molecule has 32 heavy (non-hydrogen) atoms. The van der Waals surface area contributed by atoms with Gasteiger partial charge in [-0.05, 0) is 67.4 Å². The van der Waals surface area contributed by atoms with Crippen LogP contribution in [0.2, 0.25) is 5.02 Å². The molecular weight excluding hydrogens is 453 g/mol. The quantitative estimate of drug-likeness (QED) is 0.404. The van der Waals surface area contributed by atoms with Gasteiger partial charge in [-0.1, -0.05) is 41.9 Å². The van der Waals surface area contributed by atoms with E-state index in [1.54, 1.807) is 50.2 Å². The second-order valence-electron chi connectivity index (χ2n) is 6.99. The highest BCUT2D eigenvalue weighted by atomic mass is 35.5. The molecule has 3 aromatic carbocycles. The zero-order valence-electron chi connectivity index (χ0n) is 17.4. The molecule has 0 atom stereocenters. The number of aryl methyl sites for hydroxylation is 1. The Bertz CT molecular complexity index is 1250. The van der Waals surface area contributed by atoms with Crippen LogP contribution in [0.25, 0.3) is 0 Å². The Morgan fingerprint density at radius 3 is 2.34 bits per heavy atom. The molecule has 6 nitrogen and oxygen atoms in total. The molecule has 0 aliphatic carbocycles. The van der Waals surface area contributed by atoms with Crippen molar-refractivity contribution in [1.29, 1.82) is 0 Å². The van der Waals surface area contributed by atoms with E-state index in [9.17, 15) is 17.6 Å². The topological polar surface area (TPSA) is 78.8 Å². The van der Waals surface area contributed by atoms with Gasteiger partial charge in [0.2, 0.25) is 0 Å². The molecule has 0 spiro atoms. The van der Waals surface area contributed by atoms with Gasteiger partial charge in [0.15, 0.2) is 0 Å². The molecule has 0 radical (unpaired) electrons. The molecule has 0 aromatic heterocycles. The minimum Gasteiger partial charge on any atom is -0.271 e. The highest BCUT2D eigenvalue weighted by molar-refractivity contribution is 7.92. The van der Waals surface area contributed by atoms with Crippen LogP contribution in [0.1, 0.15) is 18.1 Å². The average Bonchev–Trinajstić information content (AvgIpc) is 2.77. The lowest BCUT2D eigenvalue weighted by Gasteiger charge is -2.25. The van der Waals surface area contributed by atoms with Crippen LogP contribution in [0.15, 0.2) is 82.8 Å². The number of hydrazone groups is 1.